The van der Waals surface area contributed by atoms with Gasteiger partial charge in [-0.3, -0.25) is 0 Å². The van der Waals surface area contributed by atoms with E-state index in [9.17, 15) is 4.79 Å². The van der Waals surface area contributed by atoms with Gasteiger partial charge in [-0.1, -0.05) is 13.3 Å². The molecule has 0 aliphatic carbocycles. The van der Waals surface area contributed by atoms with Gasteiger partial charge in [-0.25, -0.2) is 4.79 Å². The summed E-state index contributed by atoms with van der Waals surface area (Å²) in [6.07, 6.45) is 5.63. The Bertz CT molecular complexity index is 218. The first-order valence-corrected chi connectivity index (χ1v) is 7.17. The minimum absolute atomic E-state index is 0.0645. The molecule has 1 saturated heterocycles. The Morgan fingerprint density at radius 2 is 1.89 bits per heavy atom. The second kappa shape index (κ2) is 10.1. The lowest BCUT2D eigenvalue weighted by Crippen LogP contribution is -2.37. The molecule has 1 heterocycles. The largest absolute Gasteiger partial charge is 0.378 e. The van der Waals surface area contributed by atoms with Crippen molar-refractivity contribution < 1.29 is 9.53 Å². The van der Waals surface area contributed by atoms with Crippen LogP contribution in [0.5, 0.6) is 0 Å². The van der Waals surface area contributed by atoms with Crippen LogP contribution in [-0.4, -0.2) is 44.9 Å². The van der Waals surface area contributed by atoms with Crippen molar-refractivity contribution in [3.63, 3.8) is 0 Å². The topological polar surface area (TPSA) is 62.4 Å². The van der Waals surface area contributed by atoms with Crippen molar-refractivity contribution >= 4 is 6.03 Å². The van der Waals surface area contributed by atoms with Crippen molar-refractivity contribution in [1.29, 1.82) is 0 Å². The van der Waals surface area contributed by atoms with Gasteiger partial charge in [0.2, 0.25) is 0 Å². The molecule has 0 aromatic heterocycles. The maximum Gasteiger partial charge on any atom is 0.314 e. The molecule has 1 fully saturated rings. The SMILES string of the molecule is CCCCNC(=O)NCCCOC1CCNCC1. The molecule has 1 rings (SSSR count). The molecule has 0 aromatic rings. The lowest BCUT2D eigenvalue weighted by Gasteiger charge is -2.22. The van der Waals surface area contributed by atoms with E-state index in [4.69, 9.17) is 4.74 Å². The highest BCUT2D eigenvalue weighted by Crippen LogP contribution is 2.06. The molecule has 0 saturated carbocycles. The van der Waals surface area contributed by atoms with Crippen LogP contribution >= 0.6 is 0 Å². The van der Waals surface area contributed by atoms with Crippen LogP contribution in [0.25, 0.3) is 0 Å². The summed E-state index contributed by atoms with van der Waals surface area (Å²) in [4.78, 5) is 11.3. The first-order valence-electron chi connectivity index (χ1n) is 7.17. The molecule has 0 atom stereocenters. The predicted octanol–water partition coefficient (Wildman–Crippen LogP) is 1.24. The molecule has 0 unspecified atom stereocenters. The summed E-state index contributed by atoms with van der Waals surface area (Å²) in [5, 5.41) is 8.97. The normalized spacial score (nSPS) is 16.5. The lowest BCUT2D eigenvalue weighted by atomic mass is 10.1. The number of hydrogen-bond donors (Lipinski definition) is 3. The zero-order valence-electron chi connectivity index (χ0n) is 11.5. The van der Waals surface area contributed by atoms with Crippen LogP contribution in [0, 0.1) is 0 Å². The maximum absolute atomic E-state index is 11.3. The van der Waals surface area contributed by atoms with Crippen LogP contribution in [-0.2, 0) is 4.74 Å². The van der Waals surface area contributed by atoms with E-state index in [1.165, 1.54) is 0 Å². The summed E-state index contributed by atoms with van der Waals surface area (Å²) >= 11 is 0. The molecular weight excluding hydrogens is 230 g/mol. The van der Waals surface area contributed by atoms with Gasteiger partial charge in [0.15, 0.2) is 0 Å². The average molecular weight is 257 g/mol. The number of piperidine rings is 1. The smallest absolute Gasteiger partial charge is 0.314 e. The van der Waals surface area contributed by atoms with E-state index in [1.807, 2.05) is 0 Å². The van der Waals surface area contributed by atoms with E-state index < -0.39 is 0 Å². The van der Waals surface area contributed by atoms with Crippen molar-refractivity contribution in [3.8, 4) is 0 Å². The number of unbranched alkanes of at least 4 members (excludes halogenated alkanes) is 1. The van der Waals surface area contributed by atoms with Crippen molar-refractivity contribution in [2.45, 2.75) is 45.1 Å². The summed E-state index contributed by atoms with van der Waals surface area (Å²) in [6.45, 7) is 6.40. The Hall–Kier alpha value is -0.810. The zero-order valence-corrected chi connectivity index (χ0v) is 11.5. The minimum atomic E-state index is -0.0645. The molecule has 2 amide bonds. The van der Waals surface area contributed by atoms with Gasteiger partial charge < -0.3 is 20.7 Å². The Balaban J connectivity index is 1.86. The molecule has 1 aliphatic rings. The number of rotatable bonds is 8. The van der Waals surface area contributed by atoms with Crippen LogP contribution in [0.4, 0.5) is 4.79 Å². The van der Waals surface area contributed by atoms with Crippen molar-refractivity contribution in [2.24, 2.45) is 0 Å². The van der Waals surface area contributed by atoms with Gasteiger partial charge in [-0.2, -0.15) is 0 Å². The van der Waals surface area contributed by atoms with Crippen molar-refractivity contribution in [1.82, 2.24) is 16.0 Å². The van der Waals surface area contributed by atoms with Gasteiger partial charge in [-0.05, 0) is 38.8 Å². The molecule has 1 aliphatic heterocycles. The van der Waals surface area contributed by atoms with Crippen molar-refractivity contribution in [3.05, 3.63) is 0 Å². The van der Waals surface area contributed by atoms with E-state index in [1.54, 1.807) is 0 Å². The third-order valence-corrected chi connectivity index (χ3v) is 3.06. The first-order chi connectivity index (χ1) is 8.83. The first kappa shape index (κ1) is 15.2. The Labute approximate surface area is 110 Å². The standard InChI is InChI=1S/C13H27N3O2/c1-2-3-7-15-13(17)16-8-4-11-18-12-5-9-14-10-6-12/h12,14H,2-11H2,1H3,(H2,15,16,17). The summed E-state index contributed by atoms with van der Waals surface area (Å²) in [6, 6.07) is -0.0645. The van der Waals surface area contributed by atoms with Gasteiger partial charge >= 0.3 is 6.03 Å². The molecule has 3 N–H and O–H groups in total. The molecule has 5 nitrogen and oxygen atoms in total. The summed E-state index contributed by atoms with van der Waals surface area (Å²) in [5.74, 6) is 0. The van der Waals surface area contributed by atoms with E-state index in [2.05, 4.69) is 22.9 Å². The van der Waals surface area contributed by atoms with Gasteiger partial charge in [-0.15, -0.1) is 0 Å². The summed E-state index contributed by atoms with van der Waals surface area (Å²) in [7, 11) is 0. The molecule has 0 bridgehead atoms. The molecule has 18 heavy (non-hydrogen) atoms. The lowest BCUT2D eigenvalue weighted by molar-refractivity contribution is 0.0320. The number of ether oxygens (including phenoxy) is 1. The highest BCUT2D eigenvalue weighted by atomic mass is 16.5. The molecule has 0 spiro atoms. The fourth-order valence-electron chi connectivity index (χ4n) is 1.93. The Morgan fingerprint density at radius 3 is 2.56 bits per heavy atom. The number of amides is 2. The van der Waals surface area contributed by atoms with E-state index in [0.29, 0.717) is 12.6 Å². The maximum atomic E-state index is 11.3. The molecular formula is C13H27N3O2. The quantitative estimate of drug-likeness (QED) is 0.573. The molecule has 0 aromatic carbocycles. The number of carbonyl (C=O) groups excluding carboxylic acids is 1. The number of urea groups is 1. The zero-order chi connectivity index (χ0) is 13.1. The number of carbonyl (C=O) groups is 1. The molecule has 0 radical (unpaired) electrons. The molecule has 5 heteroatoms. The van der Waals surface area contributed by atoms with Gasteiger partial charge in [0.05, 0.1) is 6.10 Å². The number of nitrogens with one attached hydrogen (secondary N) is 3. The fraction of sp³-hybridized carbons (Fsp3) is 0.923. The second-order valence-corrected chi connectivity index (χ2v) is 4.71. The minimum Gasteiger partial charge on any atom is -0.378 e. The predicted molar refractivity (Wildman–Crippen MR) is 72.8 cm³/mol. The van der Waals surface area contributed by atoms with Crippen molar-refractivity contribution in [2.75, 3.05) is 32.8 Å². The van der Waals surface area contributed by atoms with Crippen LogP contribution in [0.15, 0.2) is 0 Å². The Kier molecular flexibility index (Phi) is 8.59. The van der Waals surface area contributed by atoms with Crippen LogP contribution in [0.3, 0.4) is 0 Å². The Morgan fingerprint density at radius 1 is 1.22 bits per heavy atom. The van der Waals surface area contributed by atoms with E-state index >= 15 is 0 Å². The number of hydrogen-bond acceptors (Lipinski definition) is 3. The van der Waals surface area contributed by atoms with Crippen LogP contribution in [0.1, 0.15) is 39.0 Å². The molecule has 106 valence electrons. The third-order valence-electron chi connectivity index (χ3n) is 3.06. The van der Waals surface area contributed by atoms with Crippen LogP contribution < -0.4 is 16.0 Å². The fourth-order valence-corrected chi connectivity index (χ4v) is 1.93. The highest BCUT2D eigenvalue weighted by Gasteiger charge is 2.12. The van der Waals surface area contributed by atoms with Gasteiger partial charge in [0.25, 0.3) is 0 Å². The van der Waals surface area contributed by atoms with E-state index in [-0.39, 0.29) is 6.03 Å². The van der Waals surface area contributed by atoms with Gasteiger partial charge in [0.1, 0.15) is 0 Å². The van der Waals surface area contributed by atoms with E-state index in [0.717, 1.165) is 58.3 Å². The van der Waals surface area contributed by atoms with Gasteiger partial charge in [0, 0.05) is 19.7 Å². The average Bonchev–Trinajstić information content (AvgIpc) is 2.40. The third kappa shape index (κ3) is 7.50. The highest BCUT2D eigenvalue weighted by molar-refractivity contribution is 5.73. The summed E-state index contributed by atoms with van der Waals surface area (Å²) in [5.41, 5.74) is 0. The van der Waals surface area contributed by atoms with Crippen LogP contribution in [0.2, 0.25) is 0 Å². The monoisotopic (exact) mass is 257 g/mol. The summed E-state index contributed by atoms with van der Waals surface area (Å²) < 4.78 is 5.75. The second-order valence-electron chi connectivity index (χ2n) is 4.71.